The highest BCUT2D eigenvalue weighted by molar-refractivity contribution is 5.85. The van der Waals surface area contributed by atoms with Gasteiger partial charge < -0.3 is 10.5 Å². The van der Waals surface area contributed by atoms with Crippen molar-refractivity contribution < 1.29 is 9.53 Å². The molecule has 4 nitrogen and oxygen atoms in total. The van der Waals surface area contributed by atoms with Gasteiger partial charge in [-0.25, -0.2) is 4.79 Å². The number of carbonyl (C=O) groups is 1. The average molecular weight is 297 g/mol. The second-order valence-corrected chi connectivity index (χ2v) is 5.50. The van der Waals surface area contributed by atoms with E-state index in [0.29, 0.717) is 5.92 Å². The number of nitrogens with zero attached hydrogens (tertiary/aromatic N) is 1. The average Bonchev–Trinajstić information content (AvgIpc) is 2.48. The van der Waals surface area contributed by atoms with Crippen molar-refractivity contribution in [3.05, 3.63) is 35.9 Å². The van der Waals surface area contributed by atoms with Crippen LogP contribution in [0, 0.1) is 5.92 Å². The SMILES string of the molecule is Cl.NC(C(=O)O[C@H]1CN2CCC1CC2)c1ccccc1. The third-order valence-corrected chi connectivity index (χ3v) is 4.28. The molecule has 3 heterocycles. The van der Waals surface area contributed by atoms with Crippen molar-refractivity contribution in [1.82, 2.24) is 4.90 Å². The molecule has 3 aliphatic heterocycles. The van der Waals surface area contributed by atoms with E-state index in [2.05, 4.69) is 4.90 Å². The van der Waals surface area contributed by atoms with E-state index in [0.717, 1.165) is 38.0 Å². The number of hydrogen-bond acceptors (Lipinski definition) is 4. The molecule has 0 radical (unpaired) electrons. The number of halogens is 1. The van der Waals surface area contributed by atoms with Gasteiger partial charge in [0, 0.05) is 6.54 Å². The Morgan fingerprint density at radius 1 is 1.25 bits per heavy atom. The predicted octanol–water partition coefficient (Wildman–Crippen LogP) is 1.75. The lowest BCUT2D eigenvalue weighted by Gasteiger charge is -2.44. The lowest BCUT2D eigenvalue weighted by molar-refractivity contribution is -0.160. The van der Waals surface area contributed by atoms with Crippen LogP contribution in [0.1, 0.15) is 24.4 Å². The van der Waals surface area contributed by atoms with Gasteiger partial charge in [-0.05, 0) is 37.4 Å². The van der Waals surface area contributed by atoms with Crippen LogP contribution in [-0.2, 0) is 9.53 Å². The highest BCUT2D eigenvalue weighted by Crippen LogP contribution is 2.30. The fourth-order valence-corrected chi connectivity index (χ4v) is 3.06. The Labute approximate surface area is 125 Å². The first-order valence-corrected chi connectivity index (χ1v) is 6.97. The van der Waals surface area contributed by atoms with Crippen LogP contribution in [0.5, 0.6) is 0 Å². The minimum atomic E-state index is -0.670. The van der Waals surface area contributed by atoms with Crippen molar-refractivity contribution in [2.75, 3.05) is 19.6 Å². The topological polar surface area (TPSA) is 55.6 Å². The molecule has 4 rings (SSSR count). The Morgan fingerprint density at radius 2 is 1.90 bits per heavy atom. The van der Waals surface area contributed by atoms with Gasteiger partial charge in [0.05, 0.1) is 0 Å². The van der Waals surface area contributed by atoms with Crippen LogP contribution in [0.15, 0.2) is 30.3 Å². The molecule has 2 N–H and O–H groups in total. The molecule has 0 amide bonds. The monoisotopic (exact) mass is 296 g/mol. The second-order valence-electron chi connectivity index (χ2n) is 5.50. The van der Waals surface area contributed by atoms with Gasteiger partial charge in [-0.2, -0.15) is 0 Å². The fraction of sp³-hybridized carbons (Fsp3) is 0.533. The summed E-state index contributed by atoms with van der Waals surface area (Å²) in [4.78, 5) is 14.5. The second kappa shape index (κ2) is 6.57. The zero-order valence-corrected chi connectivity index (χ0v) is 12.2. The third kappa shape index (κ3) is 3.14. The van der Waals surface area contributed by atoms with Crippen LogP contribution in [0.25, 0.3) is 0 Å². The van der Waals surface area contributed by atoms with Crippen LogP contribution in [0.4, 0.5) is 0 Å². The number of benzene rings is 1. The number of hydrogen-bond donors (Lipinski definition) is 1. The summed E-state index contributed by atoms with van der Waals surface area (Å²) in [6.07, 6.45) is 2.31. The predicted molar refractivity (Wildman–Crippen MR) is 79.7 cm³/mol. The summed E-state index contributed by atoms with van der Waals surface area (Å²) in [5, 5.41) is 0. The highest BCUT2D eigenvalue weighted by Gasteiger charge is 2.37. The molecular weight excluding hydrogens is 276 g/mol. The first-order valence-electron chi connectivity index (χ1n) is 6.97. The third-order valence-electron chi connectivity index (χ3n) is 4.28. The first kappa shape index (κ1) is 15.3. The number of carbonyl (C=O) groups excluding carboxylic acids is 1. The first-order chi connectivity index (χ1) is 9.24. The summed E-state index contributed by atoms with van der Waals surface area (Å²) in [6.45, 7) is 3.16. The van der Waals surface area contributed by atoms with E-state index in [9.17, 15) is 4.79 Å². The maximum absolute atomic E-state index is 12.1. The minimum absolute atomic E-state index is 0. The molecule has 0 aliphatic carbocycles. The van der Waals surface area contributed by atoms with E-state index in [-0.39, 0.29) is 24.5 Å². The number of esters is 1. The zero-order chi connectivity index (χ0) is 13.2. The van der Waals surface area contributed by atoms with E-state index in [4.69, 9.17) is 10.5 Å². The van der Waals surface area contributed by atoms with Crippen molar-refractivity contribution in [2.24, 2.45) is 11.7 Å². The lowest BCUT2D eigenvalue weighted by atomic mass is 9.86. The van der Waals surface area contributed by atoms with E-state index >= 15 is 0 Å². The largest absolute Gasteiger partial charge is 0.459 e. The Kier molecular flexibility index (Phi) is 5.02. The molecule has 3 fully saturated rings. The van der Waals surface area contributed by atoms with Gasteiger partial charge >= 0.3 is 5.97 Å². The molecule has 1 aromatic rings. The number of fused-ring (bicyclic) bond motifs is 3. The summed E-state index contributed by atoms with van der Waals surface area (Å²) in [6, 6.07) is 8.74. The number of piperidine rings is 3. The maximum Gasteiger partial charge on any atom is 0.327 e. The standard InChI is InChI=1S/C15H20N2O2.ClH/c16-14(12-4-2-1-3-5-12)15(18)19-13-10-17-8-6-11(13)7-9-17;/h1-5,11,13-14H,6-10,16H2;1H/t13-,14?;/m0./s1. The summed E-state index contributed by atoms with van der Waals surface area (Å²) in [5.74, 6) is 0.224. The van der Waals surface area contributed by atoms with Gasteiger partial charge in [0.2, 0.25) is 0 Å². The van der Waals surface area contributed by atoms with E-state index in [1.807, 2.05) is 30.3 Å². The fourth-order valence-electron chi connectivity index (χ4n) is 3.06. The van der Waals surface area contributed by atoms with E-state index < -0.39 is 6.04 Å². The van der Waals surface area contributed by atoms with Crippen molar-refractivity contribution >= 4 is 18.4 Å². The molecule has 20 heavy (non-hydrogen) atoms. The number of nitrogens with two attached hydrogens (primary N) is 1. The van der Waals surface area contributed by atoms with Crippen molar-refractivity contribution in [3.63, 3.8) is 0 Å². The van der Waals surface area contributed by atoms with Gasteiger partial charge in [0.1, 0.15) is 12.1 Å². The Bertz CT molecular complexity index is 446. The van der Waals surface area contributed by atoms with Crippen LogP contribution in [-0.4, -0.2) is 36.6 Å². The van der Waals surface area contributed by atoms with Crippen molar-refractivity contribution in [2.45, 2.75) is 25.0 Å². The summed E-state index contributed by atoms with van der Waals surface area (Å²) < 4.78 is 5.64. The van der Waals surface area contributed by atoms with Gasteiger partial charge in [-0.15, -0.1) is 12.4 Å². The van der Waals surface area contributed by atoms with Gasteiger partial charge in [0.15, 0.2) is 0 Å². The molecule has 1 aromatic carbocycles. The zero-order valence-electron chi connectivity index (χ0n) is 11.4. The smallest absolute Gasteiger partial charge is 0.327 e. The van der Waals surface area contributed by atoms with Gasteiger partial charge in [-0.1, -0.05) is 30.3 Å². The van der Waals surface area contributed by atoms with Crippen molar-refractivity contribution in [1.29, 1.82) is 0 Å². The lowest BCUT2D eigenvalue weighted by Crippen LogP contribution is -2.52. The molecule has 1 unspecified atom stereocenters. The number of rotatable bonds is 3. The molecule has 2 atom stereocenters. The quantitative estimate of drug-likeness (QED) is 0.864. The number of ether oxygens (including phenoxy) is 1. The molecule has 3 aliphatic rings. The van der Waals surface area contributed by atoms with Crippen LogP contribution >= 0.6 is 12.4 Å². The molecule has 0 spiro atoms. The Morgan fingerprint density at radius 3 is 2.45 bits per heavy atom. The van der Waals surface area contributed by atoms with E-state index in [1.54, 1.807) is 0 Å². The summed E-state index contributed by atoms with van der Waals surface area (Å²) >= 11 is 0. The van der Waals surface area contributed by atoms with E-state index in [1.165, 1.54) is 0 Å². The van der Waals surface area contributed by atoms with Crippen LogP contribution < -0.4 is 5.73 Å². The van der Waals surface area contributed by atoms with Crippen LogP contribution in [0.3, 0.4) is 0 Å². The van der Waals surface area contributed by atoms with Gasteiger partial charge in [-0.3, -0.25) is 4.90 Å². The Hall–Kier alpha value is -1.10. The molecule has 110 valence electrons. The molecule has 3 saturated heterocycles. The molecule has 0 aromatic heterocycles. The Balaban J connectivity index is 0.00000147. The summed E-state index contributed by atoms with van der Waals surface area (Å²) in [5.41, 5.74) is 6.78. The molecule has 5 heteroatoms. The normalized spacial score (nSPS) is 29.4. The highest BCUT2D eigenvalue weighted by atomic mass is 35.5. The minimum Gasteiger partial charge on any atom is -0.459 e. The maximum atomic E-state index is 12.1. The molecular formula is C15H21ClN2O2. The van der Waals surface area contributed by atoms with Crippen LogP contribution in [0.2, 0.25) is 0 Å². The molecule has 2 bridgehead atoms. The van der Waals surface area contributed by atoms with Gasteiger partial charge in [0.25, 0.3) is 0 Å². The van der Waals surface area contributed by atoms with Crippen molar-refractivity contribution in [3.8, 4) is 0 Å². The molecule has 0 saturated carbocycles. The summed E-state index contributed by atoms with van der Waals surface area (Å²) in [7, 11) is 0.